The molecule has 0 spiro atoms. The number of aryl methyl sites for hydroxylation is 1. The van der Waals surface area contributed by atoms with Crippen LogP contribution in [0.2, 0.25) is 0 Å². The minimum absolute atomic E-state index is 0.364. The van der Waals surface area contributed by atoms with Crippen molar-refractivity contribution in [1.29, 1.82) is 0 Å². The molecule has 0 amide bonds. The standard InChI is InChI=1S/C13H18N2O2S3/c1-3-10-6-7-18-12(10)9-15-20(16,17)13-5-4-11(19-13)8-14-2/h4-7,14-15H,3,8-9H2,1-2H3. The van der Waals surface area contributed by atoms with Crippen LogP contribution in [0.4, 0.5) is 0 Å². The molecule has 0 fully saturated rings. The first kappa shape index (κ1) is 15.7. The minimum atomic E-state index is -3.41. The Labute approximate surface area is 127 Å². The zero-order chi connectivity index (χ0) is 14.6. The van der Waals surface area contributed by atoms with Crippen LogP contribution in [0.15, 0.2) is 27.8 Å². The first-order chi connectivity index (χ1) is 9.56. The van der Waals surface area contributed by atoms with E-state index >= 15 is 0 Å². The molecule has 0 radical (unpaired) electrons. The van der Waals surface area contributed by atoms with Gasteiger partial charge in [0.2, 0.25) is 10.0 Å². The van der Waals surface area contributed by atoms with Crippen molar-refractivity contribution >= 4 is 32.7 Å². The van der Waals surface area contributed by atoms with E-state index in [1.165, 1.54) is 16.9 Å². The quantitative estimate of drug-likeness (QED) is 0.820. The van der Waals surface area contributed by atoms with Gasteiger partial charge < -0.3 is 5.32 Å². The molecule has 2 N–H and O–H groups in total. The number of thiophene rings is 2. The van der Waals surface area contributed by atoms with Crippen molar-refractivity contribution in [2.75, 3.05) is 7.05 Å². The van der Waals surface area contributed by atoms with Gasteiger partial charge in [0.15, 0.2) is 0 Å². The molecule has 110 valence electrons. The zero-order valence-electron chi connectivity index (χ0n) is 11.5. The molecule has 2 heterocycles. The average Bonchev–Trinajstić information content (AvgIpc) is 3.05. The number of rotatable bonds is 7. The van der Waals surface area contributed by atoms with Gasteiger partial charge in [-0.05, 0) is 42.6 Å². The molecule has 0 atom stereocenters. The largest absolute Gasteiger partial charge is 0.315 e. The van der Waals surface area contributed by atoms with Crippen LogP contribution < -0.4 is 10.0 Å². The monoisotopic (exact) mass is 330 g/mol. The summed E-state index contributed by atoms with van der Waals surface area (Å²) in [5, 5.41) is 5.01. The van der Waals surface area contributed by atoms with E-state index in [4.69, 9.17) is 0 Å². The molecule has 0 bridgehead atoms. The Kier molecular flexibility index (Phi) is 5.34. The second kappa shape index (κ2) is 6.82. The summed E-state index contributed by atoms with van der Waals surface area (Å²) < 4.78 is 27.5. The highest BCUT2D eigenvalue weighted by Crippen LogP contribution is 2.23. The first-order valence-electron chi connectivity index (χ1n) is 6.35. The van der Waals surface area contributed by atoms with Gasteiger partial charge in [-0.3, -0.25) is 0 Å². The van der Waals surface area contributed by atoms with Crippen LogP contribution in [0.25, 0.3) is 0 Å². The predicted octanol–water partition coefficient (Wildman–Crippen LogP) is 2.57. The van der Waals surface area contributed by atoms with Crippen molar-refractivity contribution < 1.29 is 8.42 Å². The minimum Gasteiger partial charge on any atom is -0.315 e. The van der Waals surface area contributed by atoms with Gasteiger partial charge >= 0.3 is 0 Å². The first-order valence-corrected chi connectivity index (χ1v) is 9.53. The van der Waals surface area contributed by atoms with E-state index in [-0.39, 0.29) is 0 Å². The molecule has 4 nitrogen and oxygen atoms in total. The van der Waals surface area contributed by atoms with E-state index in [9.17, 15) is 8.42 Å². The van der Waals surface area contributed by atoms with Gasteiger partial charge in [-0.15, -0.1) is 22.7 Å². The fourth-order valence-corrected chi connectivity index (χ4v) is 5.26. The van der Waals surface area contributed by atoms with E-state index in [2.05, 4.69) is 17.0 Å². The number of hydrogen-bond acceptors (Lipinski definition) is 5. The van der Waals surface area contributed by atoms with Crippen molar-refractivity contribution in [2.45, 2.75) is 30.6 Å². The van der Waals surface area contributed by atoms with Crippen LogP contribution >= 0.6 is 22.7 Å². The molecule has 0 aromatic carbocycles. The Bertz CT molecular complexity index is 659. The molecular formula is C13H18N2O2S3. The highest BCUT2D eigenvalue weighted by molar-refractivity contribution is 7.91. The smallest absolute Gasteiger partial charge is 0.250 e. The maximum absolute atomic E-state index is 12.2. The predicted molar refractivity (Wildman–Crippen MR) is 84.8 cm³/mol. The lowest BCUT2D eigenvalue weighted by Gasteiger charge is -2.05. The van der Waals surface area contributed by atoms with Crippen molar-refractivity contribution in [3.63, 3.8) is 0 Å². The van der Waals surface area contributed by atoms with Gasteiger partial charge in [0, 0.05) is 22.8 Å². The summed E-state index contributed by atoms with van der Waals surface area (Å²) in [5.41, 5.74) is 1.21. The fraction of sp³-hybridized carbons (Fsp3) is 0.385. The lowest BCUT2D eigenvalue weighted by atomic mass is 10.2. The molecular weight excluding hydrogens is 312 g/mol. The third kappa shape index (κ3) is 3.67. The lowest BCUT2D eigenvalue weighted by molar-refractivity contribution is 0.584. The van der Waals surface area contributed by atoms with Crippen molar-refractivity contribution in [3.8, 4) is 0 Å². The van der Waals surface area contributed by atoms with Gasteiger partial charge in [-0.25, -0.2) is 13.1 Å². The van der Waals surface area contributed by atoms with Crippen LogP contribution in [0.3, 0.4) is 0 Å². The third-order valence-corrected chi connectivity index (χ3v) is 6.84. The van der Waals surface area contributed by atoms with Crippen LogP contribution in [0.1, 0.15) is 22.2 Å². The molecule has 20 heavy (non-hydrogen) atoms. The Morgan fingerprint density at radius 1 is 1.20 bits per heavy atom. The fourth-order valence-electron chi connectivity index (χ4n) is 1.84. The van der Waals surface area contributed by atoms with Gasteiger partial charge in [-0.1, -0.05) is 6.92 Å². The van der Waals surface area contributed by atoms with Gasteiger partial charge in [0.1, 0.15) is 4.21 Å². The van der Waals surface area contributed by atoms with E-state index in [1.807, 2.05) is 24.6 Å². The topological polar surface area (TPSA) is 58.2 Å². The highest BCUT2D eigenvalue weighted by Gasteiger charge is 2.17. The molecule has 0 aliphatic rings. The third-order valence-electron chi connectivity index (χ3n) is 2.89. The summed E-state index contributed by atoms with van der Waals surface area (Å²) in [6.07, 6.45) is 0.923. The van der Waals surface area contributed by atoms with Crippen LogP contribution in [-0.4, -0.2) is 15.5 Å². The SMILES string of the molecule is CCc1ccsc1CNS(=O)(=O)c1ccc(CNC)s1. The normalized spacial score (nSPS) is 11.9. The molecule has 2 aromatic rings. The summed E-state index contributed by atoms with van der Waals surface area (Å²) in [7, 11) is -1.57. The molecule has 0 unspecified atom stereocenters. The van der Waals surface area contributed by atoms with Crippen molar-refractivity contribution in [1.82, 2.24) is 10.0 Å². The van der Waals surface area contributed by atoms with Crippen LogP contribution in [0, 0.1) is 0 Å². The summed E-state index contributed by atoms with van der Waals surface area (Å²) in [6.45, 7) is 3.12. The number of sulfonamides is 1. The summed E-state index contributed by atoms with van der Waals surface area (Å²) >= 11 is 2.89. The second-order valence-electron chi connectivity index (χ2n) is 4.30. The summed E-state index contributed by atoms with van der Waals surface area (Å²) in [4.78, 5) is 2.10. The van der Waals surface area contributed by atoms with Crippen LogP contribution in [0.5, 0.6) is 0 Å². The zero-order valence-corrected chi connectivity index (χ0v) is 13.9. The Morgan fingerprint density at radius 2 is 2.00 bits per heavy atom. The second-order valence-corrected chi connectivity index (χ2v) is 8.46. The van der Waals surface area contributed by atoms with Crippen LogP contribution in [-0.2, 0) is 29.5 Å². The molecule has 2 rings (SSSR count). The molecule has 2 aromatic heterocycles. The van der Waals surface area contributed by atoms with E-state index in [1.54, 1.807) is 17.4 Å². The van der Waals surface area contributed by atoms with Crippen molar-refractivity contribution in [3.05, 3.63) is 38.9 Å². The molecule has 0 saturated carbocycles. The highest BCUT2D eigenvalue weighted by atomic mass is 32.2. The van der Waals surface area contributed by atoms with Gasteiger partial charge in [0.25, 0.3) is 0 Å². The Morgan fingerprint density at radius 3 is 2.70 bits per heavy atom. The van der Waals surface area contributed by atoms with E-state index in [0.717, 1.165) is 16.2 Å². The molecule has 0 aliphatic heterocycles. The number of hydrogen-bond donors (Lipinski definition) is 2. The Balaban J connectivity index is 2.07. The lowest BCUT2D eigenvalue weighted by Crippen LogP contribution is -2.22. The maximum atomic E-state index is 12.2. The van der Waals surface area contributed by atoms with E-state index in [0.29, 0.717) is 17.3 Å². The van der Waals surface area contributed by atoms with E-state index < -0.39 is 10.0 Å². The van der Waals surface area contributed by atoms with Gasteiger partial charge in [0.05, 0.1) is 0 Å². The average molecular weight is 331 g/mol. The molecule has 7 heteroatoms. The Hall–Kier alpha value is -0.730. The number of nitrogens with one attached hydrogen (secondary N) is 2. The summed E-state index contributed by atoms with van der Waals surface area (Å²) in [5.74, 6) is 0. The van der Waals surface area contributed by atoms with Crippen molar-refractivity contribution in [2.24, 2.45) is 0 Å². The van der Waals surface area contributed by atoms with Gasteiger partial charge in [-0.2, -0.15) is 0 Å². The maximum Gasteiger partial charge on any atom is 0.250 e. The summed E-state index contributed by atoms with van der Waals surface area (Å²) in [6, 6.07) is 5.55. The molecule has 0 aliphatic carbocycles. The molecule has 0 saturated heterocycles.